The van der Waals surface area contributed by atoms with Crippen LogP contribution in [-0.2, 0) is 14.3 Å². The van der Waals surface area contributed by atoms with Crippen molar-refractivity contribution in [1.29, 1.82) is 0 Å². The van der Waals surface area contributed by atoms with Crippen molar-refractivity contribution in [2.75, 3.05) is 53.0 Å². The molecule has 1 aliphatic carbocycles. The molecule has 0 bridgehead atoms. The van der Waals surface area contributed by atoms with Crippen molar-refractivity contribution >= 4 is 12.1 Å². The molecule has 3 heterocycles. The van der Waals surface area contributed by atoms with Gasteiger partial charge < -0.3 is 19.3 Å². The number of amides is 1. The summed E-state index contributed by atoms with van der Waals surface area (Å²) in [7, 11) is 1.48. The zero-order valence-electron chi connectivity index (χ0n) is 18.1. The molecule has 0 radical (unpaired) electrons. The minimum absolute atomic E-state index is 0.109. The Hall–Kier alpha value is -1.34. The quantitative estimate of drug-likeness (QED) is 0.652. The van der Waals surface area contributed by atoms with Crippen LogP contribution in [0.15, 0.2) is 0 Å². The maximum atomic E-state index is 12.0. The van der Waals surface area contributed by atoms with Crippen molar-refractivity contribution < 1.29 is 19.1 Å². The number of likely N-dealkylation sites (tertiary alicyclic amines) is 3. The normalized spacial score (nSPS) is 33.8. The molecule has 0 aromatic rings. The van der Waals surface area contributed by atoms with E-state index in [1.807, 2.05) is 11.8 Å². The first kappa shape index (κ1) is 20.9. The largest absolute Gasteiger partial charge is 0.468 e. The van der Waals surface area contributed by atoms with Gasteiger partial charge in [0.1, 0.15) is 0 Å². The lowest BCUT2D eigenvalue weighted by Gasteiger charge is -2.52. The molecule has 3 aliphatic heterocycles. The first-order valence-corrected chi connectivity index (χ1v) is 11.5. The highest BCUT2D eigenvalue weighted by atomic mass is 16.6. The summed E-state index contributed by atoms with van der Waals surface area (Å²) < 4.78 is 10.1. The number of hydrogen-bond donors (Lipinski definition) is 0. The lowest BCUT2D eigenvalue weighted by molar-refractivity contribution is -0.142. The van der Waals surface area contributed by atoms with Crippen LogP contribution in [0.4, 0.5) is 4.79 Å². The Morgan fingerprint density at radius 3 is 2.52 bits per heavy atom. The topological polar surface area (TPSA) is 62.3 Å². The summed E-state index contributed by atoms with van der Waals surface area (Å²) in [5, 5.41) is 0. The van der Waals surface area contributed by atoms with Gasteiger partial charge in [0.25, 0.3) is 0 Å². The van der Waals surface area contributed by atoms with Crippen LogP contribution in [0, 0.1) is 11.3 Å². The fraction of sp³-hybridized carbons (Fsp3) is 0.909. The second kappa shape index (κ2) is 8.80. The van der Waals surface area contributed by atoms with Gasteiger partial charge in [-0.25, -0.2) is 4.79 Å². The van der Waals surface area contributed by atoms with Gasteiger partial charge in [-0.3, -0.25) is 9.69 Å². The summed E-state index contributed by atoms with van der Waals surface area (Å²) in [6.45, 7) is 7.89. The highest BCUT2D eigenvalue weighted by molar-refractivity contribution is 5.71. The molecule has 3 saturated heterocycles. The molecule has 1 atom stereocenters. The Labute approximate surface area is 174 Å². The molecule has 7 heteroatoms. The van der Waals surface area contributed by atoms with Gasteiger partial charge >= 0.3 is 12.1 Å². The fourth-order valence-electron chi connectivity index (χ4n) is 6.32. The molecule has 7 nitrogen and oxygen atoms in total. The van der Waals surface area contributed by atoms with Gasteiger partial charge in [0.15, 0.2) is 0 Å². The van der Waals surface area contributed by atoms with Crippen LogP contribution < -0.4 is 0 Å². The minimum atomic E-state index is -0.137. The van der Waals surface area contributed by atoms with Crippen LogP contribution in [0.5, 0.6) is 0 Å². The minimum Gasteiger partial charge on any atom is -0.468 e. The zero-order chi connectivity index (χ0) is 20.4. The second-order valence-electron chi connectivity index (χ2n) is 9.56. The molecule has 4 fully saturated rings. The van der Waals surface area contributed by atoms with E-state index >= 15 is 0 Å². The number of piperidine rings is 1. The van der Waals surface area contributed by atoms with Gasteiger partial charge in [0, 0.05) is 25.2 Å². The number of hydrogen-bond acceptors (Lipinski definition) is 6. The molecular weight excluding hydrogens is 370 g/mol. The molecule has 4 aliphatic rings. The summed E-state index contributed by atoms with van der Waals surface area (Å²) in [5.74, 6) is 0.598. The number of carbonyl (C=O) groups excluding carboxylic acids is 2. The predicted molar refractivity (Wildman–Crippen MR) is 110 cm³/mol. The van der Waals surface area contributed by atoms with Crippen LogP contribution in [0.1, 0.15) is 51.9 Å². The van der Waals surface area contributed by atoms with Crippen molar-refractivity contribution in [1.82, 2.24) is 14.7 Å². The van der Waals surface area contributed by atoms with Gasteiger partial charge in [0.2, 0.25) is 0 Å². The number of methoxy groups -OCH3 is 1. The van der Waals surface area contributed by atoms with Gasteiger partial charge in [-0.1, -0.05) is 0 Å². The first-order valence-electron chi connectivity index (χ1n) is 11.5. The van der Waals surface area contributed by atoms with E-state index in [2.05, 4.69) is 9.80 Å². The van der Waals surface area contributed by atoms with E-state index in [1.165, 1.54) is 58.7 Å². The highest BCUT2D eigenvalue weighted by Crippen LogP contribution is 2.51. The summed E-state index contributed by atoms with van der Waals surface area (Å²) in [6.07, 6.45) is 8.34. The van der Waals surface area contributed by atoms with Gasteiger partial charge in [-0.2, -0.15) is 0 Å². The van der Waals surface area contributed by atoms with E-state index in [0.29, 0.717) is 36.6 Å². The van der Waals surface area contributed by atoms with E-state index < -0.39 is 0 Å². The average Bonchev–Trinajstić information content (AvgIpc) is 3.34. The van der Waals surface area contributed by atoms with E-state index in [4.69, 9.17) is 9.47 Å². The Balaban J connectivity index is 1.21. The molecule has 4 rings (SSSR count). The number of carbonyl (C=O) groups is 2. The maximum absolute atomic E-state index is 12.0. The molecule has 0 unspecified atom stereocenters. The van der Waals surface area contributed by atoms with Crippen molar-refractivity contribution in [2.24, 2.45) is 11.3 Å². The third-order valence-corrected chi connectivity index (χ3v) is 7.91. The van der Waals surface area contributed by atoms with E-state index in [1.54, 1.807) is 0 Å². The molecule has 164 valence electrons. The number of ether oxygens (including phenoxy) is 2. The summed E-state index contributed by atoms with van der Waals surface area (Å²) in [5.41, 5.74) is 0.344. The molecule has 1 spiro atoms. The maximum Gasteiger partial charge on any atom is 0.409 e. The van der Waals surface area contributed by atoms with Crippen LogP contribution in [-0.4, -0.2) is 91.8 Å². The van der Waals surface area contributed by atoms with E-state index in [-0.39, 0.29) is 12.1 Å². The summed E-state index contributed by atoms with van der Waals surface area (Å²) in [6, 6.07) is 1.24. The molecule has 0 aromatic carbocycles. The third kappa shape index (κ3) is 4.41. The number of esters is 1. The van der Waals surface area contributed by atoms with Gasteiger partial charge in [-0.05, 0) is 82.8 Å². The average molecular weight is 408 g/mol. The smallest absolute Gasteiger partial charge is 0.409 e. The molecule has 0 N–H and O–H groups in total. The molecule has 1 amide bonds. The Morgan fingerprint density at radius 2 is 1.83 bits per heavy atom. The van der Waals surface area contributed by atoms with Crippen molar-refractivity contribution in [2.45, 2.75) is 64.0 Å². The van der Waals surface area contributed by atoms with Gasteiger partial charge in [-0.15, -0.1) is 0 Å². The summed E-state index contributed by atoms with van der Waals surface area (Å²) in [4.78, 5) is 30.6. The molecule has 0 aromatic heterocycles. The van der Waals surface area contributed by atoms with E-state index in [0.717, 1.165) is 26.1 Å². The highest BCUT2D eigenvalue weighted by Gasteiger charge is 2.51. The van der Waals surface area contributed by atoms with Crippen LogP contribution >= 0.6 is 0 Å². The van der Waals surface area contributed by atoms with Crippen LogP contribution in [0.25, 0.3) is 0 Å². The van der Waals surface area contributed by atoms with Crippen molar-refractivity contribution in [3.05, 3.63) is 0 Å². The van der Waals surface area contributed by atoms with Crippen LogP contribution in [0.2, 0.25) is 0 Å². The van der Waals surface area contributed by atoms with Crippen molar-refractivity contribution in [3.8, 4) is 0 Å². The lowest BCUT2D eigenvalue weighted by Crippen LogP contribution is -2.55. The monoisotopic (exact) mass is 407 g/mol. The zero-order valence-corrected chi connectivity index (χ0v) is 18.1. The number of rotatable bonds is 5. The number of nitrogens with zero attached hydrogens (tertiary/aromatic N) is 3. The standard InChI is InChI=1S/C22H37N3O4/c1-3-29-21(27)25-12-8-22(16-25)13-18(14-22)23-10-6-17(7-11-23)19-5-4-9-24(19)15-20(26)28-2/h17-19H,3-16H2,1-2H3/t18?,19-,22?/m0/s1. The summed E-state index contributed by atoms with van der Waals surface area (Å²) >= 11 is 0. The lowest BCUT2D eigenvalue weighted by atomic mass is 9.64. The Morgan fingerprint density at radius 1 is 1.07 bits per heavy atom. The predicted octanol–water partition coefficient (Wildman–Crippen LogP) is 2.35. The molecule has 1 saturated carbocycles. The second-order valence-corrected chi connectivity index (χ2v) is 9.56. The fourth-order valence-corrected chi connectivity index (χ4v) is 6.32. The SMILES string of the molecule is CCOC(=O)N1CCC2(CC(N3CCC([C@@H]4CCCN4CC(=O)OC)CC3)C2)C1. The molecule has 29 heavy (non-hydrogen) atoms. The van der Waals surface area contributed by atoms with Gasteiger partial charge in [0.05, 0.1) is 20.3 Å². The molecular formula is C22H37N3O4. The first-order chi connectivity index (χ1) is 14.0. The third-order valence-electron chi connectivity index (χ3n) is 7.91. The van der Waals surface area contributed by atoms with Crippen LogP contribution in [0.3, 0.4) is 0 Å². The van der Waals surface area contributed by atoms with Crippen molar-refractivity contribution in [3.63, 3.8) is 0 Å². The Bertz CT molecular complexity index is 599. The van der Waals surface area contributed by atoms with E-state index in [9.17, 15) is 9.59 Å². The Kier molecular flexibility index (Phi) is 6.35.